The van der Waals surface area contributed by atoms with E-state index in [2.05, 4.69) is 5.10 Å². The molecule has 0 aromatic heterocycles. The maximum absolute atomic E-state index is 12.7. The maximum Gasteiger partial charge on any atom is 0.416 e. The van der Waals surface area contributed by atoms with Crippen molar-refractivity contribution in [2.45, 2.75) is 6.18 Å². The first-order chi connectivity index (χ1) is 9.73. The monoisotopic (exact) mass is 334 g/mol. The molecule has 1 unspecified atom stereocenters. The number of amides is 1. The van der Waals surface area contributed by atoms with E-state index < -0.39 is 16.3 Å². The van der Waals surface area contributed by atoms with Crippen LogP contribution in [0.2, 0.25) is 10.0 Å². The van der Waals surface area contributed by atoms with E-state index in [-0.39, 0.29) is 21.4 Å². The van der Waals surface area contributed by atoms with Crippen molar-refractivity contribution in [2.24, 2.45) is 5.10 Å². The lowest BCUT2D eigenvalue weighted by atomic mass is 10.2. The van der Waals surface area contributed by atoms with E-state index in [0.29, 0.717) is 18.5 Å². The highest BCUT2D eigenvalue weighted by atomic mass is 35.5. The zero-order valence-corrected chi connectivity index (χ0v) is 11.5. The molecule has 0 aliphatic carbocycles. The van der Waals surface area contributed by atoms with Gasteiger partial charge in [0.2, 0.25) is 11.4 Å². The Morgan fingerprint density at radius 3 is 2.24 bits per heavy atom. The molecule has 0 radical (unpaired) electrons. The van der Waals surface area contributed by atoms with E-state index in [0.717, 1.165) is 0 Å². The second-order valence-corrected chi connectivity index (χ2v) is 4.86. The third-order valence-electron chi connectivity index (χ3n) is 2.71. The molecule has 1 aliphatic heterocycles. The predicted molar refractivity (Wildman–Crippen MR) is 71.5 cm³/mol. The highest BCUT2D eigenvalue weighted by Gasteiger charge is 2.40. The minimum atomic E-state index is -4.63. The van der Waals surface area contributed by atoms with Crippen molar-refractivity contribution < 1.29 is 18.0 Å². The second-order valence-electron chi connectivity index (χ2n) is 4.04. The molecule has 4 nitrogen and oxygen atoms in total. The fourth-order valence-corrected chi connectivity index (χ4v) is 2.55. The molecular formula is C12H5Cl2F3N3O+. The summed E-state index contributed by atoms with van der Waals surface area (Å²) in [5.74, 6) is 0. The number of allylic oxidation sites excluding steroid dienone is 1. The molecule has 0 fully saturated rings. The Morgan fingerprint density at radius 2 is 1.86 bits per heavy atom. The van der Waals surface area contributed by atoms with Crippen LogP contribution in [0.5, 0.6) is 0 Å². The van der Waals surface area contributed by atoms with Crippen LogP contribution < -0.4 is 4.59 Å². The number of benzene rings is 1. The highest BCUT2D eigenvalue weighted by molar-refractivity contribution is 6.39. The lowest BCUT2D eigenvalue weighted by Gasteiger charge is -2.20. The van der Waals surface area contributed by atoms with Gasteiger partial charge < -0.3 is 0 Å². The number of halogens is 5. The van der Waals surface area contributed by atoms with Gasteiger partial charge in [-0.05, 0) is 12.1 Å². The van der Waals surface area contributed by atoms with E-state index in [4.69, 9.17) is 28.5 Å². The maximum atomic E-state index is 12.7. The largest absolute Gasteiger partial charge is 0.416 e. The third kappa shape index (κ3) is 2.65. The molecule has 1 aromatic rings. The molecule has 0 bridgehead atoms. The van der Waals surface area contributed by atoms with Crippen LogP contribution in [-0.4, -0.2) is 12.1 Å². The summed E-state index contributed by atoms with van der Waals surface area (Å²) in [7, 11) is 0. The zero-order valence-electron chi connectivity index (χ0n) is 10.0. The third-order valence-corrected chi connectivity index (χ3v) is 3.29. The molecular weight excluding hydrogens is 330 g/mol. The molecule has 9 heteroatoms. The SMILES string of the molecule is N#CC1=N[N+](C=O)(c2c(Cl)cc(C(F)(F)F)cc2Cl)C=C1. The van der Waals surface area contributed by atoms with Crippen molar-refractivity contribution in [1.29, 1.82) is 5.26 Å². The Morgan fingerprint density at radius 1 is 1.29 bits per heavy atom. The molecule has 1 aromatic carbocycles. The molecule has 21 heavy (non-hydrogen) atoms. The van der Waals surface area contributed by atoms with Gasteiger partial charge in [-0.1, -0.05) is 32.9 Å². The summed E-state index contributed by atoms with van der Waals surface area (Å²) in [6.07, 6.45) is -1.87. The Balaban J connectivity index is 2.67. The molecule has 0 spiro atoms. The number of nitriles is 1. The summed E-state index contributed by atoms with van der Waals surface area (Å²) in [6, 6.07) is 3.03. The lowest BCUT2D eigenvalue weighted by Crippen LogP contribution is -2.35. The smallest absolute Gasteiger partial charge is 0.230 e. The topological polar surface area (TPSA) is 53.2 Å². The summed E-state index contributed by atoms with van der Waals surface area (Å²) >= 11 is 11.7. The second kappa shape index (κ2) is 5.15. The first-order valence-corrected chi connectivity index (χ1v) is 6.10. The van der Waals surface area contributed by atoms with Crippen molar-refractivity contribution in [3.63, 3.8) is 0 Å². The molecule has 0 N–H and O–H groups in total. The number of quaternary nitrogens is 1. The van der Waals surface area contributed by atoms with Crippen LogP contribution in [0.4, 0.5) is 18.9 Å². The van der Waals surface area contributed by atoms with Crippen LogP contribution in [0.3, 0.4) is 0 Å². The first-order valence-electron chi connectivity index (χ1n) is 5.34. The zero-order chi connectivity index (χ0) is 15.8. The Labute approximate surface area is 126 Å². The van der Waals surface area contributed by atoms with Gasteiger partial charge in [0.05, 0.1) is 5.56 Å². The van der Waals surface area contributed by atoms with Crippen LogP contribution in [-0.2, 0) is 11.0 Å². The van der Waals surface area contributed by atoms with E-state index in [1.165, 1.54) is 12.3 Å². The van der Waals surface area contributed by atoms with E-state index in [1.54, 1.807) is 6.07 Å². The molecule has 2 rings (SSSR count). The summed E-state index contributed by atoms with van der Waals surface area (Å²) in [6.45, 7) is 0. The standard InChI is InChI=1S/C12H5Cl2F3N3O/c13-9-3-7(12(15,16)17)4-10(14)11(9)20(6-21)2-1-8(5-18)19-20/h1-4,6H/q+1. The molecule has 0 saturated heterocycles. The summed E-state index contributed by atoms with van der Waals surface area (Å²) < 4.78 is 37.1. The molecule has 1 atom stereocenters. The average molecular weight is 335 g/mol. The van der Waals surface area contributed by atoms with Gasteiger partial charge in [0, 0.05) is 6.08 Å². The fourth-order valence-electron chi connectivity index (χ4n) is 1.80. The number of alkyl halides is 3. The van der Waals surface area contributed by atoms with Crippen LogP contribution in [0.25, 0.3) is 0 Å². The minimum Gasteiger partial charge on any atom is -0.230 e. The molecule has 1 amide bonds. The summed E-state index contributed by atoms with van der Waals surface area (Å²) in [5, 5.41) is 11.8. The lowest BCUT2D eigenvalue weighted by molar-refractivity contribution is -0.137. The quantitative estimate of drug-likeness (QED) is 0.608. The Kier molecular flexibility index (Phi) is 3.80. The van der Waals surface area contributed by atoms with Crippen LogP contribution in [0.15, 0.2) is 29.5 Å². The normalized spacial score (nSPS) is 21.0. The number of carbonyl (C=O) groups is 1. The number of nitrogens with zero attached hydrogens (tertiary/aromatic N) is 3. The fraction of sp³-hybridized carbons (Fsp3) is 0.0833. The van der Waals surface area contributed by atoms with Crippen LogP contribution in [0.1, 0.15) is 5.56 Å². The number of hydrogen-bond donors (Lipinski definition) is 0. The van der Waals surface area contributed by atoms with Crippen molar-refractivity contribution >= 4 is 41.0 Å². The van der Waals surface area contributed by atoms with Crippen molar-refractivity contribution in [2.75, 3.05) is 0 Å². The van der Waals surface area contributed by atoms with Gasteiger partial charge in [-0.3, -0.25) is 0 Å². The average Bonchev–Trinajstić information content (AvgIpc) is 2.81. The van der Waals surface area contributed by atoms with E-state index >= 15 is 0 Å². The molecule has 1 heterocycles. The molecule has 1 aliphatic rings. The Bertz CT molecular complexity index is 698. The van der Waals surface area contributed by atoms with E-state index in [1.807, 2.05) is 0 Å². The molecule has 0 saturated carbocycles. The van der Waals surface area contributed by atoms with Gasteiger partial charge in [0.25, 0.3) is 0 Å². The van der Waals surface area contributed by atoms with Gasteiger partial charge >= 0.3 is 12.6 Å². The van der Waals surface area contributed by atoms with Crippen LogP contribution in [0, 0.1) is 11.3 Å². The minimum absolute atomic E-state index is 0.0749. The highest BCUT2D eigenvalue weighted by Crippen LogP contribution is 2.43. The summed E-state index contributed by atoms with van der Waals surface area (Å²) in [4.78, 5) is 11.3. The van der Waals surface area contributed by atoms with Gasteiger partial charge in [-0.2, -0.15) is 18.4 Å². The molecule has 108 valence electrons. The van der Waals surface area contributed by atoms with Crippen LogP contribution >= 0.6 is 23.2 Å². The first kappa shape index (κ1) is 15.5. The number of carbonyl (C=O) groups excluding carboxylic acids is 1. The van der Waals surface area contributed by atoms with Gasteiger partial charge in [0.1, 0.15) is 22.3 Å². The predicted octanol–water partition coefficient (Wildman–Crippen LogP) is 3.88. The van der Waals surface area contributed by atoms with Crippen molar-refractivity contribution in [1.82, 2.24) is 4.59 Å². The summed E-state index contributed by atoms with van der Waals surface area (Å²) in [5.41, 5.74) is -1.27. The van der Waals surface area contributed by atoms with Crippen molar-refractivity contribution in [3.8, 4) is 6.07 Å². The van der Waals surface area contributed by atoms with E-state index in [9.17, 15) is 18.0 Å². The Hall–Kier alpha value is -1.88. The van der Waals surface area contributed by atoms with Gasteiger partial charge in [0.15, 0.2) is 0 Å². The van der Waals surface area contributed by atoms with Gasteiger partial charge in [-0.15, -0.1) is 0 Å². The van der Waals surface area contributed by atoms with Gasteiger partial charge in [-0.25, -0.2) is 4.79 Å². The number of rotatable bonds is 2. The number of hydrogen-bond acceptors (Lipinski definition) is 3. The van der Waals surface area contributed by atoms with Crippen molar-refractivity contribution in [3.05, 3.63) is 40.0 Å².